The lowest BCUT2D eigenvalue weighted by Crippen LogP contribution is -2.44. The van der Waals surface area contributed by atoms with Crippen LogP contribution >= 0.6 is 0 Å². The Kier molecular flexibility index (Phi) is 5.13. The van der Waals surface area contributed by atoms with Crippen LogP contribution < -0.4 is 5.32 Å². The second kappa shape index (κ2) is 6.85. The van der Waals surface area contributed by atoms with Gasteiger partial charge in [-0.2, -0.15) is 5.10 Å². The summed E-state index contributed by atoms with van der Waals surface area (Å²) in [6.45, 7) is 9.24. The molecular weight excluding hydrogens is 226 g/mol. The lowest BCUT2D eigenvalue weighted by Gasteiger charge is -2.35. The van der Waals surface area contributed by atoms with Crippen LogP contribution in [0.4, 0.5) is 0 Å². The Hall–Kier alpha value is -0.940. The Labute approximate surface area is 109 Å². The van der Waals surface area contributed by atoms with E-state index in [0.717, 1.165) is 24.7 Å². The highest BCUT2D eigenvalue weighted by molar-refractivity contribution is 4.84. The number of rotatable bonds is 6. The number of likely N-dealkylation sites (tertiary alicyclic amines) is 1. The maximum atomic E-state index is 4.14. The summed E-state index contributed by atoms with van der Waals surface area (Å²) >= 11 is 0. The Morgan fingerprint density at radius 1 is 1.61 bits per heavy atom. The van der Waals surface area contributed by atoms with Gasteiger partial charge in [0.05, 0.1) is 0 Å². The molecule has 1 saturated heterocycles. The molecule has 0 spiro atoms. The van der Waals surface area contributed by atoms with Crippen molar-refractivity contribution in [1.29, 1.82) is 0 Å². The predicted octanol–water partition coefficient (Wildman–Crippen LogP) is 1.06. The molecule has 2 unspecified atom stereocenters. The third-order valence-corrected chi connectivity index (χ3v) is 3.99. The molecule has 0 aromatic carbocycles. The Balaban J connectivity index is 1.68. The molecule has 1 fully saturated rings. The molecule has 1 aliphatic rings. The van der Waals surface area contributed by atoms with Crippen molar-refractivity contribution in [3.63, 3.8) is 0 Å². The number of hydrogen-bond donors (Lipinski definition) is 2. The summed E-state index contributed by atoms with van der Waals surface area (Å²) in [7, 11) is 0. The van der Waals surface area contributed by atoms with E-state index in [1.807, 2.05) is 0 Å². The summed E-state index contributed by atoms with van der Waals surface area (Å²) in [6.07, 6.45) is 5.19. The molecule has 0 aliphatic carbocycles. The molecule has 2 heterocycles. The predicted molar refractivity (Wildman–Crippen MR) is 72.4 cm³/mol. The fourth-order valence-corrected chi connectivity index (χ4v) is 2.72. The number of aromatic amines is 1. The van der Waals surface area contributed by atoms with Crippen LogP contribution in [0.1, 0.15) is 32.5 Å². The van der Waals surface area contributed by atoms with Crippen LogP contribution in [-0.4, -0.2) is 52.3 Å². The number of hydrogen-bond acceptors (Lipinski definition) is 4. The molecule has 0 bridgehead atoms. The molecule has 5 nitrogen and oxygen atoms in total. The molecule has 2 N–H and O–H groups in total. The maximum Gasteiger partial charge on any atom is 0.137 e. The Bertz CT molecular complexity index is 324. The van der Waals surface area contributed by atoms with E-state index >= 15 is 0 Å². The molecule has 1 aromatic rings. The van der Waals surface area contributed by atoms with Crippen molar-refractivity contribution in [2.45, 2.75) is 39.2 Å². The summed E-state index contributed by atoms with van der Waals surface area (Å²) in [5.74, 6) is 1.75. The molecule has 18 heavy (non-hydrogen) atoms. The average molecular weight is 251 g/mol. The normalized spacial score (nSPS) is 23.1. The van der Waals surface area contributed by atoms with Crippen molar-refractivity contribution in [3.05, 3.63) is 12.2 Å². The van der Waals surface area contributed by atoms with Gasteiger partial charge in [0.2, 0.25) is 0 Å². The molecule has 102 valence electrons. The largest absolute Gasteiger partial charge is 0.313 e. The van der Waals surface area contributed by atoms with Crippen LogP contribution in [0.25, 0.3) is 0 Å². The molecule has 0 amide bonds. The van der Waals surface area contributed by atoms with Crippen LogP contribution in [0, 0.1) is 5.92 Å². The molecule has 0 saturated carbocycles. The number of piperidine rings is 1. The fraction of sp³-hybridized carbons (Fsp3) is 0.846. The van der Waals surface area contributed by atoms with Gasteiger partial charge in [-0.05, 0) is 38.8 Å². The van der Waals surface area contributed by atoms with Gasteiger partial charge in [0.15, 0.2) is 0 Å². The molecule has 5 heteroatoms. The van der Waals surface area contributed by atoms with Crippen molar-refractivity contribution in [2.24, 2.45) is 5.92 Å². The van der Waals surface area contributed by atoms with E-state index in [1.165, 1.54) is 32.5 Å². The highest BCUT2D eigenvalue weighted by Crippen LogP contribution is 2.19. The van der Waals surface area contributed by atoms with Gasteiger partial charge in [-0.3, -0.25) is 5.10 Å². The smallest absolute Gasteiger partial charge is 0.137 e. The van der Waals surface area contributed by atoms with E-state index in [9.17, 15) is 0 Å². The summed E-state index contributed by atoms with van der Waals surface area (Å²) < 4.78 is 0. The zero-order valence-electron chi connectivity index (χ0n) is 11.5. The third-order valence-electron chi connectivity index (χ3n) is 3.99. The van der Waals surface area contributed by atoms with E-state index in [2.05, 4.69) is 39.2 Å². The summed E-state index contributed by atoms with van der Waals surface area (Å²) in [5.41, 5.74) is 0. The number of H-pyrrole nitrogens is 1. The molecule has 0 radical (unpaired) electrons. The number of nitrogens with zero attached hydrogens (tertiary/aromatic N) is 3. The first-order chi connectivity index (χ1) is 8.79. The standard InChI is InChI=1S/C13H25N5/c1-3-18-8-4-5-12(9-18)11(2)14-7-6-13-15-10-16-17-13/h10-12,14H,3-9H2,1-2H3,(H,15,16,17). The van der Waals surface area contributed by atoms with Crippen LogP contribution in [0.5, 0.6) is 0 Å². The van der Waals surface area contributed by atoms with E-state index in [1.54, 1.807) is 6.33 Å². The van der Waals surface area contributed by atoms with Gasteiger partial charge < -0.3 is 10.2 Å². The van der Waals surface area contributed by atoms with Gasteiger partial charge in [-0.1, -0.05) is 6.92 Å². The van der Waals surface area contributed by atoms with Crippen LogP contribution in [0.3, 0.4) is 0 Å². The summed E-state index contributed by atoms with van der Waals surface area (Å²) in [6, 6.07) is 0.585. The molecule has 2 rings (SSSR count). The van der Waals surface area contributed by atoms with E-state index in [-0.39, 0.29) is 0 Å². The lowest BCUT2D eigenvalue weighted by atomic mass is 9.91. The van der Waals surface area contributed by atoms with Crippen LogP contribution in [-0.2, 0) is 6.42 Å². The zero-order valence-corrected chi connectivity index (χ0v) is 11.5. The maximum absolute atomic E-state index is 4.14. The lowest BCUT2D eigenvalue weighted by molar-refractivity contribution is 0.157. The first-order valence-corrected chi connectivity index (χ1v) is 7.09. The monoisotopic (exact) mass is 251 g/mol. The van der Waals surface area contributed by atoms with Crippen LogP contribution in [0.15, 0.2) is 6.33 Å². The Morgan fingerprint density at radius 2 is 2.50 bits per heavy atom. The Morgan fingerprint density at radius 3 is 3.22 bits per heavy atom. The van der Waals surface area contributed by atoms with Gasteiger partial charge in [-0.25, -0.2) is 4.98 Å². The van der Waals surface area contributed by atoms with Crippen LogP contribution in [0.2, 0.25) is 0 Å². The second-order valence-corrected chi connectivity index (χ2v) is 5.22. The molecule has 1 aliphatic heterocycles. The first-order valence-electron chi connectivity index (χ1n) is 7.09. The minimum atomic E-state index is 0.585. The van der Waals surface area contributed by atoms with Gasteiger partial charge >= 0.3 is 0 Å². The highest BCUT2D eigenvalue weighted by Gasteiger charge is 2.23. The highest BCUT2D eigenvalue weighted by atomic mass is 15.2. The minimum Gasteiger partial charge on any atom is -0.313 e. The number of aromatic nitrogens is 3. The fourth-order valence-electron chi connectivity index (χ4n) is 2.72. The van der Waals surface area contributed by atoms with Crippen molar-refractivity contribution >= 4 is 0 Å². The quantitative estimate of drug-likeness (QED) is 0.794. The SMILES string of the molecule is CCN1CCCC(C(C)NCCc2ncn[nH]2)C1. The average Bonchev–Trinajstić information content (AvgIpc) is 2.92. The van der Waals surface area contributed by atoms with Gasteiger partial charge in [0, 0.05) is 25.6 Å². The van der Waals surface area contributed by atoms with Crippen molar-refractivity contribution in [2.75, 3.05) is 26.2 Å². The van der Waals surface area contributed by atoms with Crippen molar-refractivity contribution in [1.82, 2.24) is 25.4 Å². The summed E-state index contributed by atoms with van der Waals surface area (Å²) in [4.78, 5) is 6.69. The minimum absolute atomic E-state index is 0.585. The van der Waals surface area contributed by atoms with Gasteiger partial charge in [-0.15, -0.1) is 0 Å². The second-order valence-electron chi connectivity index (χ2n) is 5.22. The number of nitrogens with one attached hydrogen (secondary N) is 2. The zero-order chi connectivity index (χ0) is 12.8. The molecule has 1 aromatic heterocycles. The van der Waals surface area contributed by atoms with Gasteiger partial charge in [0.25, 0.3) is 0 Å². The third kappa shape index (κ3) is 3.78. The van der Waals surface area contributed by atoms with Gasteiger partial charge in [0.1, 0.15) is 12.2 Å². The first kappa shape index (κ1) is 13.5. The van der Waals surface area contributed by atoms with E-state index in [0.29, 0.717) is 6.04 Å². The topological polar surface area (TPSA) is 56.8 Å². The van der Waals surface area contributed by atoms with E-state index < -0.39 is 0 Å². The van der Waals surface area contributed by atoms with Crippen molar-refractivity contribution < 1.29 is 0 Å². The van der Waals surface area contributed by atoms with Crippen molar-refractivity contribution in [3.8, 4) is 0 Å². The summed E-state index contributed by atoms with van der Waals surface area (Å²) in [5, 5.41) is 10.4. The molecule has 2 atom stereocenters. The molecular formula is C13H25N5. The van der Waals surface area contributed by atoms with E-state index in [4.69, 9.17) is 0 Å².